The van der Waals surface area contributed by atoms with Crippen molar-refractivity contribution in [3.8, 4) is 5.75 Å². The van der Waals surface area contributed by atoms with E-state index in [9.17, 15) is 0 Å². The number of hydrogen-bond donors (Lipinski definition) is 1. The fourth-order valence-electron chi connectivity index (χ4n) is 2.38. The molecule has 4 heteroatoms. The fourth-order valence-corrected chi connectivity index (χ4v) is 2.38. The largest absolute Gasteiger partial charge is 0.491 e. The van der Waals surface area contributed by atoms with Crippen LogP contribution in [0.4, 0.5) is 0 Å². The molecular weight excluding hydrogens is 266 g/mol. The molecule has 120 valence electrons. The van der Waals surface area contributed by atoms with Crippen molar-refractivity contribution in [3.63, 3.8) is 0 Å². The first-order valence-electron chi connectivity index (χ1n) is 7.74. The van der Waals surface area contributed by atoms with Gasteiger partial charge in [0.25, 0.3) is 0 Å². The van der Waals surface area contributed by atoms with E-state index in [4.69, 9.17) is 14.2 Å². The quantitative estimate of drug-likeness (QED) is 0.631. The second-order valence-electron chi connectivity index (χ2n) is 5.40. The average molecular weight is 296 g/mol. The molecule has 0 saturated carbocycles. The van der Waals surface area contributed by atoms with Crippen molar-refractivity contribution >= 4 is 0 Å². The Morgan fingerprint density at radius 2 is 1.62 bits per heavy atom. The van der Waals surface area contributed by atoms with Gasteiger partial charge in [-0.2, -0.15) is 0 Å². The molecule has 0 radical (unpaired) electrons. The molecule has 0 bridgehead atoms. The van der Waals surface area contributed by atoms with Crippen molar-refractivity contribution in [3.05, 3.63) is 28.8 Å². The number of ether oxygens (including phenoxy) is 3. The van der Waals surface area contributed by atoms with E-state index in [0.717, 1.165) is 38.5 Å². The summed E-state index contributed by atoms with van der Waals surface area (Å²) in [5.74, 6) is 0.996. The minimum absolute atomic E-state index is 0.606. The minimum Gasteiger partial charge on any atom is -0.491 e. The molecule has 0 aliphatic heterocycles. The van der Waals surface area contributed by atoms with E-state index in [-0.39, 0.29) is 0 Å². The van der Waals surface area contributed by atoms with Gasteiger partial charge in [0.1, 0.15) is 12.4 Å². The number of benzene rings is 1. The summed E-state index contributed by atoms with van der Waals surface area (Å²) in [5.41, 5.74) is 3.66. The maximum absolute atomic E-state index is 5.83. The van der Waals surface area contributed by atoms with Gasteiger partial charge < -0.3 is 19.5 Å². The number of rotatable bonds is 11. The van der Waals surface area contributed by atoms with Crippen LogP contribution >= 0.6 is 0 Å². The lowest BCUT2D eigenvalue weighted by molar-refractivity contribution is -0.656. The van der Waals surface area contributed by atoms with Crippen LogP contribution in [0.15, 0.2) is 12.1 Å². The maximum atomic E-state index is 5.83. The topological polar surface area (TPSA) is 44.3 Å². The molecule has 0 aromatic heterocycles. The minimum atomic E-state index is 0.606. The van der Waals surface area contributed by atoms with E-state index < -0.39 is 0 Å². The highest BCUT2D eigenvalue weighted by molar-refractivity contribution is 5.42. The van der Waals surface area contributed by atoms with Crippen LogP contribution in [0.1, 0.15) is 23.1 Å². The normalized spacial score (nSPS) is 10.9. The van der Waals surface area contributed by atoms with E-state index in [1.54, 1.807) is 7.11 Å². The zero-order valence-electron chi connectivity index (χ0n) is 13.9. The lowest BCUT2D eigenvalue weighted by Crippen LogP contribution is -2.85. The third-order valence-corrected chi connectivity index (χ3v) is 3.30. The number of nitrogens with two attached hydrogens (primary N) is 1. The maximum Gasteiger partial charge on any atom is 0.125 e. The highest BCUT2D eigenvalue weighted by atomic mass is 16.5. The molecule has 0 unspecified atom stereocenters. The molecule has 0 heterocycles. The standard InChI is InChI=1S/C17H29NO3/c1-14-12-15(2)17(16(3)13-14)21-11-10-20-9-7-18-6-5-8-19-4/h12-13,18H,5-11H2,1-4H3/p+1. The predicted octanol–water partition coefficient (Wildman–Crippen LogP) is 1.61. The van der Waals surface area contributed by atoms with Crippen LogP contribution in [-0.2, 0) is 9.47 Å². The van der Waals surface area contributed by atoms with Gasteiger partial charge in [-0.3, -0.25) is 0 Å². The summed E-state index contributed by atoms with van der Waals surface area (Å²) in [6.07, 6.45) is 1.09. The molecule has 0 saturated heterocycles. The highest BCUT2D eigenvalue weighted by Gasteiger charge is 2.04. The Hall–Kier alpha value is -1.10. The molecule has 4 nitrogen and oxygen atoms in total. The van der Waals surface area contributed by atoms with Crippen molar-refractivity contribution in [2.24, 2.45) is 0 Å². The Bertz CT molecular complexity index is 384. The van der Waals surface area contributed by atoms with E-state index >= 15 is 0 Å². The third kappa shape index (κ3) is 7.46. The Morgan fingerprint density at radius 3 is 2.29 bits per heavy atom. The molecular formula is C17H30NO3+. The number of hydrogen-bond acceptors (Lipinski definition) is 3. The summed E-state index contributed by atoms with van der Waals surface area (Å²) in [6.45, 7) is 11.2. The molecule has 0 spiro atoms. The number of aryl methyl sites for hydroxylation is 3. The molecule has 0 amide bonds. The summed E-state index contributed by atoms with van der Waals surface area (Å²) >= 11 is 0. The Balaban J connectivity index is 2.07. The first-order chi connectivity index (χ1) is 10.1. The summed E-state index contributed by atoms with van der Waals surface area (Å²) in [6, 6.07) is 4.30. The highest BCUT2D eigenvalue weighted by Crippen LogP contribution is 2.24. The molecule has 2 N–H and O–H groups in total. The molecule has 1 rings (SSSR count). The van der Waals surface area contributed by atoms with Gasteiger partial charge in [-0.25, -0.2) is 0 Å². The summed E-state index contributed by atoms with van der Waals surface area (Å²) in [7, 11) is 1.74. The lowest BCUT2D eigenvalue weighted by atomic mass is 10.1. The van der Waals surface area contributed by atoms with Crippen LogP contribution in [0.5, 0.6) is 5.75 Å². The first kappa shape index (κ1) is 18.0. The fraction of sp³-hybridized carbons (Fsp3) is 0.647. The van der Waals surface area contributed by atoms with Crippen LogP contribution < -0.4 is 10.1 Å². The van der Waals surface area contributed by atoms with Gasteiger partial charge in [0.2, 0.25) is 0 Å². The zero-order valence-corrected chi connectivity index (χ0v) is 13.9. The SMILES string of the molecule is COCCC[NH2+]CCOCCOc1c(C)cc(C)cc1C. The molecule has 21 heavy (non-hydrogen) atoms. The smallest absolute Gasteiger partial charge is 0.125 e. The monoisotopic (exact) mass is 296 g/mol. The van der Waals surface area contributed by atoms with Crippen molar-refractivity contribution in [1.82, 2.24) is 0 Å². The summed E-state index contributed by atoms with van der Waals surface area (Å²) < 4.78 is 16.4. The van der Waals surface area contributed by atoms with Crippen molar-refractivity contribution in [2.45, 2.75) is 27.2 Å². The van der Waals surface area contributed by atoms with Gasteiger partial charge in [0.05, 0.1) is 32.9 Å². The second-order valence-corrected chi connectivity index (χ2v) is 5.40. The van der Waals surface area contributed by atoms with E-state index in [1.165, 1.54) is 16.7 Å². The molecule has 0 aliphatic carbocycles. The first-order valence-corrected chi connectivity index (χ1v) is 7.74. The summed E-state index contributed by atoms with van der Waals surface area (Å²) in [4.78, 5) is 0. The van der Waals surface area contributed by atoms with E-state index in [1.807, 2.05) is 0 Å². The Labute approximate surface area is 128 Å². The molecule has 0 aliphatic rings. The van der Waals surface area contributed by atoms with Crippen molar-refractivity contribution in [1.29, 1.82) is 0 Å². The number of quaternary nitrogens is 1. The molecule has 0 atom stereocenters. The molecule has 1 aromatic rings. The molecule has 1 aromatic carbocycles. The van der Waals surface area contributed by atoms with Crippen LogP contribution in [0, 0.1) is 20.8 Å². The lowest BCUT2D eigenvalue weighted by Gasteiger charge is -2.13. The predicted molar refractivity (Wildman–Crippen MR) is 85.1 cm³/mol. The van der Waals surface area contributed by atoms with Gasteiger partial charge in [0.15, 0.2) is 0 Å². The zero-order chi connectivity index (χ0) is 15.5. The van der Waals surface area contributed by atoms with Crippen LogP contribution in [0.2, 0.25) is 0 Å². The van der Waals surface area contributed by atoms with Crippen LogP contribution in [0.25, 0.3) is 0 Å². The Morgan fingerprint density at radius 1 is 0.905 bits per heavy atom. The average Bonchev–Trinajstić information content (AvgIpc) is 2.43. The Kier molecular flexibility index (Phi) is 9.06. The van der Waals surface area contributed by atoms with Gasteiger partial charge in [-0.15, -0.1) is 0 Å². The van der Waals surface area contributed by atoms with Crippen LogP contribution in [0.3, 0.4) is 0 Å². The van der Waals surface area contributed by atoms with Gasteiger partial charge in [-0.05, 0) is 31.9 Å². The third-order valence-electron chi connectivity index (χ3n) is 3.30. The van der Waals surface area contributed by atoms with E-state index in [0.29, 0.717) is 13.2 Å². The van der Waals surface area contributed by atoms with Crippen molar-refractivity contribution in [2.75, 3.05) is 46.6 Å². The van der Waals surface area contributed by atoms with E-state index in [2.05, 4.69) is 38.2 Å². The van der Waals surface area contributed by atoms with Gasteiger partial charge in [-0.1, -0.05) is 17.7 Å². The number of methoxy groups -OCH3 is 1. The van der Waals surface area contributed by atoms with Crippen LogP contribution in [-0.4, -0.2) is 46.6 Å². The second kappa shape index (κ2) is 10.6. The molecule has 0 fully saturated rings. The van der Waals surface area contributed by atoms with Crippen molar-refractivity contribution < 1.29 is 19.5 Å². The van der Waals surface area contributed by atoms with Gasteiger partial charge >= 0.3 is 0 Å². The van der Waals surface area contributed by atoms with Gasteiger partial charge in [0, 0.05) is 13.5 Å². The summed E-state index contributed by atoms with van der Waals surface area (Å²) in [5, 5.41) is 2.26.